The van der Waals surface area contributed by atoms with Gasteiger partial charge in [0.25, 0.3) is 0 Å². The molecule has 3 atom stereocenters. The van der Waals surface area contributed by atoms with E-state index in [1.165, 1.54) is 12.8 Å². The first-order valence-electron chi connectivity index (χ1n) is 8.04. The standard InChI is InChI=1S/C15H28N6/c1-6-21(7-2)15-19-13(16-5)18-14(20-15)17-12-9-8-10(3)11(12)4/h10-12H,6-9H2,1-5H3,(H2,16,17,18,19,20). The minimum absolute atomic E-state index is 0.455. The molecule has 0 saturated heterocycles. The molecule has 1 saturated carbocycles. The van der Waals surface area contributed by atoms with Gasteiger partial charge >= 0.3 is 0 Å². The maximum Gasteiger partial charge on any atom is 0.231 e. The largest absolute Gasteiger partial charge is 0.357 e. The van der Waals surface area contributed by atoms with E-state index in [9.17, 15) is 0 Å². The molecule has 6 nitrogen and oxygen atoms in total. The van der Waals surface area contributed by atoms with Crippen LogP contribution in [0.15, 0.2) is 0 Å². The molecule has 1 aliphatic rings. The summed E-state index contributed by atoms with van der Waals surface area (Å²) in [7, 11) is 1.84. The lowest BCUT2D eigenvalue weighted by Crippen LogP contribution is -2.28. The van der Waals surface area contributed by atoms with Crippen LogP contribution >= 0.6 is 0 Å². The van der Waals surface area contributed by atoms with Gasteiger partial charge in [0, 0.05) is 26.2 Å². The second kappa shape index (κ2) is 6.91. The molecule has 1 aromatic heterocycles. The minimum atomic E-state index is 0.455. The Balaban J connectivity index is 2.20. The van der Waals surface area contributed by atoms with Crippen molar-refractivity contribution in [2.75, 3.05) is 35.7 Å². The average Bonchev–Trinajstić information content (AvgIpc) is 2.80. The fourth-order valence-corrected chi connectivity index (χ4v) is 2.92. The van der Waals surface area contributed by atoms with E-state index in [0.29, 0.717) is 23.9 Å². The Hall–Kier alpha value is -1.59. The number of hydrogen-bond acceptors (Lipinski definition) is 6. The van der Waals surface area contributed by atoms with Gasteiger partial charge in [0.2, 0.25) is 17.8 Å². The average molecular weight is 292 g/mol. The minimum Gasteiger partial charge on any atom is -0.357 e. The van der Waals surface area contributed by atoms with Crippen molar-refractivity contribution in [1.29, 1.82) is 0 Å². The summed E-state index contributed by atoms with van der Waals surface area (Å²) in [5, 5.41) is 6.54. The van der Waals surface area contributed by atoms with Gasteiger partial charge in [-0.05, 0) is 38.5 Å². The number of rotatable bonds is 6. The number of anilines is 3. The summed E-state index contributed by atoms with van der Waals surface area (Å²) >= 11 is 0. The van der Waals surface area contributed by atoms with E-state index < -0.39 is 0 Å². The van der Waals surface area contributed by atoms with Crippen molar-refractivity contribution in [3.05, 3.63) is 0 Å². The van der Waals surface area contributed by atoms with Gasteiger partial charge in [0.05, 0.1) is 0 Å². The summed E-state index contributed by atoms with van der Waals surface area (Å²) in [5.41, 5.74) is 0. The molecule has 0 radical (unpaired) electrons. The van der Waals surface area contributed by atoms with E-state index in [0.717, 1.165) is 25.0 Å². The highest BCUT2D eigenvalue weighted by molar-refractivity contribution is 5.44. The molecule has 1 fully saturated rings. The summed E-state index contributed by atoms with van der Waals surface area (Å²) < 4.78 is 0. The third-order valence-electron chi connectivity index (χ3n) is 4.67. The van der Waals surface area contributed by atoms with Crippen LogP contribution in [0.5, 0.6) is 0 Å². The second-order valence-electron chi connectivity index (χ2n) is 5.87. The highest BCUT2D eigenvalue weighted by Gasteiger charge is 2.30. The Bertz CT molecular complexity index is 459. The molecule has 0 bridgehead atoms. The van der Waals surface area contributed by atoms with Crippen molar-refractivity contribution >= 4 is 17.8 Å². The van der Waals surface area contributed by atoms with E-state index in [2.05, 4.69) is 58.2 Å². The fourth-order valence-electron chi connectivity index (χ4n) is 2.92. The second-order valence-corrected chi connectivity index (χ2v) is 5.87. The summed E-state index contributed by atoms with van der Waals surface area (Å²) in [5.74, 6) is 3.45. The van der Waals surface area contributed by atoms with Crippen molar-refractivity contribution in [1.82, 2.24) is 15.0 Å². The van der Waals surface area contributed by atoms with E-state index in [4.69, 9.17) is 0 Å². The maximum absolute atomic E-state index is 4.60. The van der Waals surface area contributed by atoms with Crippen LogP contribution in [0.4, 0.5) is 17.8 Å². The van der Waals surface area contributed by atoms with Crippen LogP contribution in [-0.2, 0) is 0 Å². The summed E-state index contributed by atoms with van der Waals surface area (Å²) in [6.07, 6.45) is 2.45. The fraction of sp³-hybridized carbons (Fsp3) is 0.800. The number of aromatic nitrogens is 3. The Morgan fingerprint density at radius 1 is 1.05 bits per heavy atom. The summed E-state index contributed by atoms with van der Waals surface area (Å²) in [6, 6.07) is 0.455. The monoisotopic (exact) mass is 292 g/mol. The van der Waals surface area contributed by atoms with Gasteiger partial charge in [-0.25, -0.2) is 0 Å². The van der Waals surface area contributed by atoms with Crippen LogP contribution < -0.4 is 15.5 Å². The molecule has 6 heteroatoms. The number of nitrogens with zero attached hydrogens (tertiary/aromatic N) is 4. The maximum atomic E-state index is 4.60. The smallest absolute Gasteiger partial charge is 0.231 e. The predicted octanol–water partition coefficient (Wildman–Crippen LogP) is 2.61. The molecule has 2 rings (SSSR count). The molecule has 1 heterocycles. The molecule has 3 unspecified atom stereocenters. The summed E-state index contributed by atoms with van der Waals surface area (Å²) in [6.45, 7) is 10.6. The van der Waals surface area contributed by atoms with Gasteiger partial charge in [-0.15, -0.1) is 0 Å². The van der Waals surface area contributed by atoms with Crippen molar-refractivity contribution < 1.29 is 0 Å². The van der Waals surface area contributed by atoms with E-state index in [-0.39, 0.29) is 0 Å². The molecule has 118 valence electrons. The van der Waals surface area contributed by atoms with Gasteiger partial charge < -0.3 is 15.5 Å². The molecular weight excluding hydrogens is 264 g/mol. The SMILES string of the molecule is CCN(CC)c1nc(NC)nc(NC2CCC(C)C2C)n1. The molecule has 0 aromatic carbocycles. The van der Waals surface area contributed by atoms with Gasteiger partial charge in [-0.1, -0.05) is 13.8 Å². The zero-order valence-electron chi connectivity index (χ0n) is 13.8. The zero-order valence-corrected chi connectivity index (χ0v) is 13.8. The molecule has 21 heavy (non-hydrogen) atoms. The Morgan fingerprint density at radius 3 is 2.24 bits per heavy atom. The lowest BCUT2D eigenvalue weighted by atomic mass is 9.98. The first-order chi connectivity index (χ1) is 10.1. The van der Waals surface area contributed by atoms with Gasteiger partial charge in [0.15, 0.2) is 0 Å². The van der Waals surface area contributed by atoms with Crippen molar-refractivity contribution in [2.24, 2.45) is 11.8 Å². The quantitative estimate of drug-likeness (QED) is 0.840. The topological polar surface area (TPSA) is 66.0 Å². The van der Waals surface area contributed by atoms with Crippen LogP contribution in [0.2, 0.25) is 0 Å². The Labute approximate surface area is 127 Å². The molecule has 1 aliphatic carbocycles. The molecule has 2 N–H and O–H groups in total. The Kier molecular flexibility index (Phi) is 5.20. The van der Waals surface area contributed by atoms with Gasteiger partial charge in [-0.2, -0.15) is 15.0 Å². The van der Waals surface area contributed by atoms with Crippen molar-refractivity contribution in [2.45, 2.75) is 46.6 Å². The molecule has 1 aromatic rings. The first kappa shape index (κ1) is 15.8. The van der Waals surface area contributed by atoms with E-state index in [1.54, 1.807) is 0 Å². The van der Waals surface area contributed by atoms with Crippen molar-refractivity contribution in [3.8, 4) is 0 Å². The third-order valence-corrected chi connectivity index (χ3v) is 4.67. The van der Waals surface area contributed by atoms with Crippen LogP contribution in [0.3, 0.4) is 0 Å². The molecular formula is C15H28N6. The van der Waals surface area contributed by atoms with E-state index >= 15 is 0 Å². The van der Waals surface area contributed by atoms with Crippen molar-refractivity contribution in [3.63, 3.8) is 0 Å². The van der Waals surface area contributed by atoms with Crippen LogP contribution in [-0.4, -0.2) is 41.1 Å². The highest BCUT2D eigenvalue weighted by Crippen LogP contribution is 2.32. The summed E-state index contributed by atoms with van der Waals surface area (Å²) in [4.78, 5) is 15.6. The van der Waals surface area contributed by atoms with Crippen LogP contribution in [0.1, 0.15) is 40.5 Å². The first-order valence-corrected chi connectivity index (χ1v) is 8.04. The van der Waals surface area contributed by atoms with Gasteiger partial charge in [-0.3, -0.25) is 0 Å². The van der Waals surface area contributed by atoms with Crippen LogP contribution in [0.25, 0.3) is 0 Å². The number of nitrogens with one attached hydrogen (secondary N) is 2. The molecule has 0 spiro atoms. The zero-order chi connectivity index (χ0) is 15.4. The lowest BCUT2D eigenvalue weighted by molar-refractivity contribution is 0.434. The molecule has 0 amide bonds. The number of hydrogen-bond donors (Lipinski definition) is 2. The third kappa shape index (κ3) is 3.54. The highest BCUT2D eigenvalue weighted by atomic mass is 15.3. The van der Waals surface area contributed by atoms with E-state index in [1.807, 2.05) is 7.05 Å². The molecule has 0 aliphatic heterocycles. The predicted molar refractivity (Wildman–Crippen MR) is 87.9 cm³/mol. The Morgan fingerprint density at radius 2 is 1.71 bits per heavy atom. The van der Waals surface area contributed by atoms with Crippen LogP contribution in [0, 0.1) is 11.8 Å². The van der Waals surface area contributed by atoms with Gasteiger partial charge in [0.1, 0.15) is 0 Å². The lowest BCUT2D eigenvalue weighted by Gasteiger charge is -2.22. The normalized spacial score (nSPS) is 24.9.